The second kappa shape index (κ2) is 17.2. The fourth-order valence-electron chi connectivity index (χ4n) is 7.50. The van der Waals surface area contributed by atoms with Crippen molar-refractivity contribution in [3.05, 3.63) is 125 Å². The first-order valence-corrected chi connectivity index (χ1v) is 20.7. The molecular formula is C50H32O23. The molecule has 0 bridgehead atoms. The van der Waals surface area contributed by atoms with Crippen LogP contribution in [0.5, 0.6) is 155 Å². The number of hydrogen-bond donors (Lipinski definition) is 14. The first-order chi connectivity index (χ1) is 34.8. The maximum atomic E-state index is 11.4. The molecule has 10 rings (SSSR count). The van der Waals surface area contributed by atoms with E-state index in [0.717, 1.165) is 66.7 Å². The third kappa shape index (κ3) is 8.38. The zero-order valence-corrected chi connectivity index (χ0v) is 36.6. The number of phenolic OH excluding ortho intramolecular Hbond substituents is 12. The van der Waals surface area contributed by atoms with Gasteiger partial charge in [-0.05, 0) is 0 Å². The van der Waals surface area contributed by atoms with Gasteiger partial charge in [-0.3, -0.25) is 0 Å². The monoisotopic (exact) mass is 1000 g/mol. The van der Waals surface area contributed by atoms with Crippen LogP contribution < -0.4 is 42.6 Å². The van der Waals surface area contributed by atoms with Gasteiger partial charge in [-0.1, -0.05) is 5.73 Å². The smallest absolute Gasteiger partial charge is 0.220 e. The summed E-state index contributed by atoms with van der Waals surface area (Å²) in [5.74, 6) is -15.6. The Bertz CT molecular complexity index is 3620. The minimum atomic E-state index is -0.868. The molecule has 0 spiro atoms. The lowest BCUT2D eigenvalue weighted by Gasteiger charge is -2.26. The van der Waals surface area contributed by atoms with Gasteiger partial charge in [0.2, 0.25) is 57.5 Å². The standard InChI is InChI=1S/C50H32O23/c1-65-38-12-27(11-31(58)41(38)67-23-4-18(51)2-19(52)5-23)66-25-8-22(55)9-26(10-25)69-45-35(62)17-37(64)47-50(45)73-43-33(60)15-30(57)40(48(43)72-47)28-13-39-42(32(59)14-29(28)56)71-49-44(34(61)16-36(63)46(49)70-39)68-24-6-20(53)3-21(54)7-24/h2-12,14-17,51-64H,1H3. The van der Waals surface area contributed by atoms with Crippen LogP contribution in [0, 0.1) is 0 Å². The van der Waals surface area contributed by atoms with Crippen molar-refractivity contribution >= 4 is 5.57 Å². The Hall–Kier alpha value is -11.1. The number of rotatable bonds is 10. The predicted octanol–water partition coefficient (Wildman–Crippen LogP) is 9.79. The van der Waals surface area contributed by atoms with Crippen LogP contribution in [0.15, 0.2) is 120 Å². The summed E-state index contributed by atoms with van der Waals surface area (Å²) in [6.45, 7) is 0. The summed E-state index contributed by atoms with van der Waals surface area (Å²) in [4.78, 5) is 0. The Morgan fingerprint density at radius 3 is 1.36 bits per heavy atom. The molecule has 0 amide bonds. The molecule has 0 saturated carbocycles. The van der Waals surface area contributed by atoms with E-state index in [1.165, 1.54) is 31.4 Å². The lowest BCUT2D eigenvalue weighted by molar-refractivity contribution is 0.248. The molecule has 370 valence electrons. The molecule has 0 saturated heterocycles. The van der Waals surface area contributed by atoms with Gasteiger partial charge in [-0.25, -0.2) is 0 Å². The maximum Gasteiger partial charge on any atom is 0.220 e. The Balaban J connectivity index is 0.983. The number of aliphatic hydroxyl groups excluding tert-OH is 2. The molecule has 7 aromatic rings. The highest BCUT2D eigenvalue weighted by molar-refractivity contribution is 5.89. The van der Waals surface area contributed by atoms with Crippen molar-refractivity contribution in [2.24, 2.45) is 0 Å². The second-order valence-electron chi connectivity index (χ2n) is 15.6. The topological polar surface area (TPSA) is 366 Å². The van der Waals surface area contributed by atoms with Crippen molar-refractivity contribution in [1.29, 1.82) is 0 Å². The average Bonchev–Trinajstić information content (AvgIpc) is 3.42. The number of fused-ring (bicyclic) bond motifs is 4. The van der Waals surface area contributed by atoms with Crippen LogP contribution in [0.4, 0.5) is 0 Å². The van der Waals surface area contributed by atoms with Crippen LogP contribution in [-0.4, -0.2) is 78.6 Å². The van der Waals surface area contributed by atoms with Crippen LogP contribution in [0.3, 0.4) is 0 Å². The molecule has 0 unspecified atom stereocenters. The highest BCUT2D eigenvalue weighted by Gasteiger charge is 2.38. The molecular weight excluding hydrogens is 969 g/mol. The van der Waals surface area contributed by atoms with Gasteiger partial charge in [0.15, 0.2) is 51.8 Å². The molecule has 23 nitrogen and oxygen atoms in total. The van der Waals surface area contributed by atoms with Crippen LogP contribution in [0.25, 0.3) is 5.57 Å². The molecule has 73 heavy (non-hydrogen) atoms. The second-order valence-corrected chi connectivity index (χ2v) is 15.6. The molecule has 23 heteroatoms. The van der Waals surface area contributed by atoms with Gasteiger partial charge in [0, 0.05) is 91.0 Å². The van der Waals surface area contributed by atoms with E-state index in [2.05, 4.69) is 5.73 Å². The van der Waals surface area contributed by atoms with Crippen LogP contribution in [0.1, 0.15) is 5.56 Å². The molecule has 0 aromatic heterocycles. The first-order valence-electron chi connectivity index (χ1n) is 20.7. The summed E-state index contributed by atoms with van der Waals surface area (Å²) in [7, 11) is 1.26. The largest absolute Gasteiger partial charge is 0.508 e. The molecule has 3 aliphatic rings. The number of phenols is 12. The number of benzene rings is 7. The number of methoxy groups -OCH3 is 1. The summed E-state index contributed by atoms with van der Waals surface area (Å²) in [5, 5.41) is 150. The van der Waals surface area contributed by atoms with Crippen molar-refractivity contribution in [2.75, 3.05) is 7.11 Å². The van der Waals surface area contributed by atoms with E-state index < -0.39 is 138 Å². The Morgan fingerprint density at radius 2 is 0.795 bits per heavy atom. The van der Waals surface area contributed by atoms with Gasteiger partial charge < -0.3 is 114 Å². The number of aromatic hydroxyl groups is 12. The van der Waals surface area contributed by atoms with Crippen molar-refractivity contribution in [1.82, 2.24) is 0 Å². The fraction of sp³-hybridized carbons (Fsp3) is 0.0200. The maximum absolute atomic E-state index is 11.4. The highest BCUT2D eigenvalue weighted by Crippen LogP contribution is 2.63. The lowest BCUT2D eigenvalue weighted by atomic mass is 10.00. The van der Waals surface area contributed by atoms with Crippen molar-refractivity contribution in [3.63, 3.8) is 0 Å². The summed E-state index contributed by atoms with van der Waals surface area (Å²) in [6.07, 6.45) is 0.718. The number of ether oxygens (including phenoxy) is 9. The van der Waals surface area contributed by atoms with Gasteiger partial charge in [0.1, 0.15) is 69.0 Å². The first kappa shape index (κ1) is 45.7. The molecule has 2 heterocycles. The van der Waals surface area contributed by atoms with Gasteiger partial charge in [0.25, 0.3) is 0 Å². The predicted molar refractivity (Wildman–Crippen MR) is 244 cm³/mol. The van der Waals surface area contributed by atoms with Crippen molar-refractivity contribution in [3.8, 4) is 155 Å². The minimum absolute atomic E-state index is 0.0491. The number of aliphatic hydroxyl groups is 2. The molecule has 1 aliphatic carbocycles. The van der Waals surface area contributed by atoms with E-state index in [-0.39, 0.29) is 51.7 Å². The third-order valence-electron chi connectivity index (χ3n) is 10.5. The van der Waals surface area contributed by atoms with Gasteiger partial charge in [-0.2, -0.15) is 0 Å². The van der Waals surface area contributed by atoms with E-state index in [1.807, 2.05) is 0 Å². The van der Waals surface area contributed by atoms with Crippen LogP contribution in [0.2, 0.25) is 0 Å². The summed E-state index contributed by atoms with van der Waals surface area (Å²) < 4.78 is 52.2. The summed E-state index contributed by atoms with van der Waals surface area (Å²) in [6, 6.07) is 14.8. The molecule has 0 atom stereocenters. The van der Waals surface area contributed by atoms with Crippen molar-refractivity contribution in [2.45, 2.75) is 0 Å². The van der Waals surface area contributed by atoms with E-state index in [1.54, 1.807) is 0 Å². The Kier molecular flexibility index (Phi) is 10.7. The van der Waals surface area contributed by atoms with E-state index in [9.17, 15) is 71.5 Å². The molecule has 0 radical (unpaired) electrons. The van der Waals surface area contributed by atoms with Gasteiger partial charge in [0.05, 0.1) is 18.2 Å². The highest BCUT2D eigenvalue weighted by atomic mass is 16.6. The zero-order chi connectivity index (χ0) is 51.7. The SMILES string of the molecule is COc1cc(Oc2cc(O)cc(Oc3c(O)cc(O)c4c3Oc3c(O)cc(O)c(C5=C=C6Oc7c(O)cc(O)c(Oc8cc(O)cc(O)c8)c7OC6=C(O)C=C5O)c3O4)c2)cc(O)c1Oc1cc(O)cc(O)c1. The fourth-order valence-corrected chi connectivity index (χ4v) is 7.50. The van der Waals surface area contributed by atoms with E-state index in [0.29, 0.717) is 0 Å². The van der Waals surface area contributed by atoms with Crippen molar-refractivity contribution < 1.29 is 114 Å². The molecule has 14 N–H and O–H groups in total. The molecule has 7 aromatic carbocycles. The Labute approximate surface area is 406 Å². The minimum Gasteiger partial charge on any atom is -0.508 e. The van der Waals surface area contributed by atoms with Crippen LogP contribution in [-0.2, 0) is 0 Å². The zero-order valence-electron chi connectivity index (χ0n) is 36.6. The molecule has 0 fully saturated rings. The van der Waals surface area contributed by atoms with Crippen LogP contribution >= 0.6 is 0 Å². The number of allylic oxidation sites excluding steroid dienone is 2. The van der Waals surface area contributed by atoms with E-state index in [4.69, 9.17) is 42.6 Å². The normalized spacial score (nSPS) is 13.1. The quantitative estimate of drug-likeness (QED) is 0.0566. The molecule has 2 aliphatic heterocycles. The number of hydrogen-bond acceptors (Lipinski definition) is 23. The third-order valence-corrected chi connectivity index (χ3v) is 10.5. The summed E-state index contributed by atoms with van der Waals surface area (Å²) >= 11 is 0. The Morgan fingerprint density at radius 1 is 0.370 bits per heavy atom. The average molecular weight is 1000 g/mol. The summed E-state index contributed by atoms with van der Waals surface area (Å²) in [5.41, 5.74) is 1.54. The lowest BCUT2D eigenvalue weighted by Crippen LogP contribution is -2.14. The van der Waals surface area contributed by atoms with Gasteiger partial charge >= 0.3 is 0 Å². The van der Waals surface area contributed by atoms with Gasteiger partial charge in [-0.15, -0.1) is 0 Å². The van der Waals surface area contributed by atoms with E-state index >= 15 is 0 Å².